The van der Waals surface area contributed by atoms with Crippen LogP contribution in [-0.4, -0.2) is 15.5 Å². The lowest BCUT2D eigenvalue weighted by molar-refractivity contribution is -0.116. The van der Waals surface area contributed by atoms with Crippen LogP contribution < -0.4 is 11.0 Å². The highest BCUT2D eigenvalue weighted by Gasteiger charge is 2.24. The Morgan fingerprint density at radius 2 is 1.69 bits per heavy atom. The number of carbonyl (C=O) groups is 1. The standard InChI is InChI=1S/C25H20N4O3/c1-16-13-17(2)29(25(31)27-16)15-21(30)28-24-20(14-26)22(18-9-5-3-6-10-18)23(32-24)19-11-7-4-8-12-19/h3-13H,15H2,1-2H3,(H,28,30). The third kappa shape index (κ3) is 4.07. The molecule has 2 heterocycles. The van der Waals surface area contributed by atoms with Crippen LogP contribution in [0.5, 0.6) is 0 Å². The Balaban J connectivity index is 1.75. The maximum absolute atomic E-state index is 12.8. The summed E-state index contributed by atoms with van der Waals surface area (Å²) >= 11 is 0. The van der Waals surface area contributed by atoms with Crippen LogP contribution in [0.4, 0.5) is 5.88 Å². The van der Waals surface area contributed by atoms with Crippen molar-refractivity contribution in [2.45, 2.75) is 20.4 Å². The van der Waals surface area contributed by atoms with E-state index in [-0.39, 0.29) is 18.0 Å². The number of furan rings is 1. The average molecular weight is 424 g/mol. The van der Waals surface area contributed by atoms with E-state index < -0.39 is 11.6 Å². The average Bonchev–Trinajstić information content (AvgIpc) is 3.15. The van der Waals surface area contributed by atoms with E-state index in [9.17, 15) is 14.9 Å². The number of hydrogen-bond donors (Lipinski definition) is 1. The number of rotatable bonds is 5. The van der Waals surface area contributed by atoms with Crippen LogP contribution in [0, 0.1) is 25.2 Å². The number of amides is 1. The van der Waals surface area contributed by atoms with Gasteiger partial charge in [-0.25, -0.2) is 4.79 Å². The molecular formula is C25H20N4O3. The zero-order valence-corrected chi connectivity index (χ0v) is 17.6. The molecule has 32 heavy (non-hydrogen) atoms. The highest BCUT2D eigenvalue weighted by molar-refractivity contribution is 5.95. The van der Waals surface area contributed by atoms with Crippen LogP contribution in [0.3, 0.4) is 0 Å². The molecule has 4 rings (SSSR count). The van der Waals surface area contributed by atoms with Crippen LogP contribution in [0.1, 0.15) is 17.0 Å². The summed E-state index contributed by atoms with van der Waals surface area (Å²) in [4.78, 5) is 28.8. The maximum Gasteiger partial charge on any atom is 0.348 e. The molecule has 0 spiro atoms. The summed E-state index contributed by atoms with van der Waals surface area (Å²) in [6.07, 6.45) is 0. The Morgan fingerprint density at radius 3 is 2.28 bits per heavy atom. The van der Waals surface area contributed by atoms with Crippen molar-refractivity contribution < 1.29 is 9.21 Å². The fourth-order valence-corrected chi connectivity index (χ4v) is 3.58. The van der Waals surface area contributed by atoms with Crippen molar-refractivity contribution >= 4 is 11.8 Å². The van der Waals surface area contributed by atoms with Gasteiger partial charge in [0.2, 0.25) is 11.8 Å². The molecule has 0 atom stereocenters. The normalized spacial score (nSPS) is 10.5. The Hall–Kier alpha value is -4.44. The minimum Gasteiger partial charge on any atom is -0.438 e. The number of carbonyl (C=O) groups excluding carboxylic acids is 1. The Labute approximate surface area is 184 Å². The van der Waals surface area contributed by atoms with Crippen molar-refractivity contribution in [1.29, 1.82) is 5.26 Å². The minimum absolute atomic E-state index is 0.0426. The zero-order chi connectivity index (χ0) is 22.7. The van der Waals surface area contributed by atoms with Crippen molar-refractivity contribution in [1.82, 2.24) is 9.55 Å². The second-order valence-corrected chi connectivity index (χ2v) is 7.31. The summed E-state index contributed by atoms with van der Waals surface area (Å²) in [5, 5.41) is 12.6. The third-order valence-corrected chi connectivity index (χ3v) is 5.02. The molecule has 0 saturated carbocycles. The number of nitriles is 1. The van der Waals surface area contributed by atoms with Gasteiger partial charge in [-0.2, -0.15) is 10.2 Å². The first-order valence-corrected chi connectivity index (χ1v) is 10.0. The van der Waals surface area contributed by atoms with Gasteiger partial charge >= 0.3 is 5.69 Å². The van der Waals surface area contributed by atoms with E-state index in [0.717, 1.165) is 11.1 Å². The van der Waals surface area contributed by atoms with Crippen LogP contribution >= 0.6 is 0 Å². The van der Waals surface area contributed by atoms with Gasteiger partial charge in [0.15, 0.2) is 0 Å². The molecule has 0 radical (unpaired) electrons. The summed E-state index contributed by atoms with van der Waals surface area (Å²) in [6.45, 7) is 3.21. The van der Waals surface area contributed by atoms with E-state index in [2.05, 4.69) is 16.4 Å². The van der Waals surface area contributed by atoms with E-state index in [0.29, 0.717) is 22.7 Å². The molecule has 0 aliphatic carbocycles. The molecule has 1 amide bonds. The Morgan fingerprint density at radius 1 is 1.06 bits per heavy atom. The molecule has 0 fully saturated rings. The highest BCUT2D eigenvalue weighted by atomic mass is 16.4. The number of aromatic nitrogens is 2. The number of anilines is 1. The van der Waals surface area contributed by atoms with Gasteiger partial charge in [-0.15, -0.1) is 0 Å². The van der Waals surface area contributed by atoms with Crippen molar-refractivity contribution in [3.63, 3.8) is 0 Å². The molecule has 0 unspecified atom stereocenters. The maximum atomic E-state index is 12.8. The van der Waals surface area contributed by atoms with Gasteiger partial charge in [-0.05, 0) is 25.5 Å². The van der Waals surface area contributed by atoms with Crippen molar-refractivity contribution in [3.8, 4) is 28.5 Å². The van der Waals surface area contributed by atoms with E-state index in [1.165, 1.54) is 4.57 Å². The number of nitrogens with one attached hydrogen (secondary N) is 1. The van der Waals surface area contributed by atoms with Crippen LogP contribution in [-0.2, 0) is 11.3 Å². The lowest BCUT2D eigenvalue weighted by Crippen LogP contribution is -2.31. The van der Waals surface area contributed by atoms with E-state index in [4.69, 9.17) is 4.42 Å². The van der Waals surface area contributed by atoms with E-state index in [1.807, 2.05) is 60.7 Å². The first-order valence-electron chi connectivity index (χ1n) is 10.0. The predicted molar refractivity (Wildman–Crippen MR) is 121 cm³/mol. The zero-order valence-electron chi connectivity index (χ0n) is 17.6. The molecule has 0 aliphatic heterocycles. The fraction of sp³-hybridized carbons (Fsp3) is 0.120. The Bertz CT molecular complexity index is 1380. The van der Waals surface area contributed by atoms with Gasteiger partial charge in [-0.3, -0.25) is 14.7 Å². The molecule has 7 nitrogen and oxygen atoms in total. The molecule has 1 N–H and O–H groups in total. The summed E-state index contributed by atoms with van der Waals surface area (Å²) in [5.74, 6) is 0.0281. The molecule has 7 heteroatoms. The number of aryl methyl sites for hydroxylation is 2. The molecule has 0 saturated heterocycles. The smallest absolute Gasteiger partial charge is 0.348 e. The van der Waals surface area contributed by atoms with Crippen molar-refractivity contribution in [3.05, 3.63) is 94.2 Å². The number of benzene rings is 2. The van der Waals surface area contributed by atoms with E-state index >= 15 is 0 Å². The predicted octanol–water partition coefficient (Wildman–Crippen LogP) is 4.30. The lowest BCUT2D eigenvalue weighted by atomic mass is 9.98. The topological polar surface area (TPSA) is 101 Å². The van der Waals surface area contributed by atoms with Gasteiger partial charge in [0.1, 0.15) is 23.9 Å². The first kappa shape index (κ1) is 20.8. The largest absolute Gasteiger partial charge is 0.438 e. The summed E-state index contributed by atoms with van der Waals surface area (Å²) in [7, 11) is 0. The molecule has 4 aromatic rings. The Kier molecular flexibility index (Phi) is 5.69. The molecule has 0 bridgehead atoms. The van der Waals surface area contributed by atoms with Gasteiger partial charge in [0.05, 0.1) is 0 Å². The van der Waals surface area contributed by atoms with Crippen LogP contribution in [0.15, 0.2) is 75.9 Å². The molecule has 158 valence electrons. The second kappa shape index (κ2) is 8.74. The SMILES string of the molecule is Cc1cc(C)n(CC(=O)Nc2oc(-c3ccccc3)c(-c3ccccc3)c2C#N)c(=O)n1. The van der Waals surface area contributed by atoms with Gasteiger partial charge < -0.3 is 4.42 Å². The van der Waals surface area contributed by atoms with E-state index in [1.54, 1.807) is 19.9 Å². The molecular weight excluding hydrogens is 404 g/mol. The van der Waals surface area contributed by atoms with Crippen molar-refractivity contribution in [2.24, 2.45) is 0 Å². The molecule has 2 aromatic carbocycles. The number of hydrogen-bond acceptors (Lipinski definition) is 5. The minimum atomic E-state index is -0.507. The lowest BCUT2D eigenvalue weighted by Gasteiger charge is -2.09. The summed E-state index contributed by atoms with van der Waals surface area (Å²) in [5.41, 5.74) is 3.08. The van der Waals surface area contributed by atoms with Crippen LogP contribution in [0.2, 0.25) is 0 Å². The summed E-state index contributed by atoms with van der Waals surface area (Å²) in [6, 6.07) is 22.7. The summed E-state index contributed by atoms with van der Waals surface area (Å²) < 4.78 is 7.28. The quantitative estimate of drug-likeness (QED) is 0.515. The molecule has 0 aliphatic rings. The second-order valence-electron chi connectivity index (χ2n) is 7.31. The van der Waals surface area contributed by atoms with Gasteiger partial charge in [0.25, 0.3) is 0 Å². The molecule has 2 aromatic heterocycles. The first-order chi connectivity index (χ1) is 15.5. The van der Waals surface area contributed by atoms with Gasteiger partial charge in [0, 0.05) is 22.5 Å². The van der Waals surface area contributed by atoms with Crippen molar-refractivity contribution in [2.75, 3.05) is 5.32 Å². The van der Waals surface area contributed by atoms with Gasteiger partial charge in [-0.1, -0.05) is 60.7 Å². The third-order valence-electron chi connectivity index (χ3n) is 5.02. The highest BCUT2D eigenvalue weighted by Crippen LogP contribution is 2.41. The number of nitrogens with zero attached hydrogens (tertiary/aromatic N) is 3. The monoisotopic (exact) mass is 424 g/mol. The van der Waals surface area contributed by atoms with Crippen LogP contribution in [0.25, 0.3) is 22.5 Å². The fourth-order valence-electron chi connectivity index (χ4n) is 3.58.